The number of anilines is 10. The van der Waals surface area contributed by atoms with E-state index in [0.717, 1.165) is 218 Å². The van der Waals surface area contributed by atoms with Crippen LogP contribution in [-0.4, -0.2) is 246 Å². The minimum Gasteiger partial charge on any atom is -0.343 e. The number of hydrogen-bond donors (Lipinski definition) is 9. The Bertz CT molecular complexity index is 7860. The average molecular weight is 2110 g/mol. The van der Waals surface area contributed by atoms with Crippen molar-refractivity contribution in [3.8, 4) is 56.9 Å². The molecule has 22 rings (SSSR count). The van der Waals surface area contributed by atoms with Gasteiger partial charge in [-0.1, -0.05) is 36.4 Å². The van der Waals surface area contributed by atoms with Crippen LogP contribution >= 0.6 is 56.7 Å². The van der Waals surface area contributed by atoms with Crippen molar-refractivity contribution in [1.29, 1.82) is 0 Å². The van der Waals surface area contributed by atoms with E-state index in [4.69, 9.17) is 25.2 Å². The van der Waals surface area contributed by atoms with Gasteiger partial charge in [0.05, 0.1) is 38.3 Å². The molecule has 15 aromatic rings. The first kappa shape index (κ1) is 102. The number of rotatable bonds is 19. The number of carbonyl (C=O) groups is 6. The second kappa shape index (κ2) is 44.0. The second-order valence-corrected chi connectivity index (χ2v) is 45.1. The number of primary sulfonamides is 2. The second-order valence-electron chi connectivity index (χ2n) is 36.6. The summed E-state index contributed by atoms with van der Waals surface area (Å²) in [6.45, 7) is 15.9. The van der Waals surface area contributed by atoms with Crippen LogP contribution < -0.4 is 47.5 Å². The van der Waals surface area contributed by atoms with Crippen LogP contribution in [0.25, 0.3) is 56.9 Å². The van der Waals surface area contributed by atoms with Gasteiger partial charge < -0.3 is 61.7 Å². The Morgan fingerprint density at radius 1 is 0.333 bits per heavy atom. The summed E-state index contributed by atoms with van der Waals surface area (Å²) in [7, 11) is 2.68. The zero-order valence-corrected chi connectivity index (χ0v) is 88.0. The molecular formula is C101H105N29O10S7. The fraction of sp³-hybridized carbons (Fsp3) is 0.297. The summed E-state index contributed by atoms with van der Waals surface area (Å²) in [5, 5.41) is 35.3. The number of carbonyl (C=O) groups excluding carboxylic acids is 6. The van der Waals surface area contributed by atoms with Crippen LogP contribution in [0.1, 0.15) is 136 Å². The lowest BCUT2D eigenvalue weighted by atomic mass is 10.00. The molecule has 7 aliphatic rings. The third-order valence-corrected chi connectivity index (χ3v) is 31.7. The molecule has 10 aromatic heterocycles. The molecule has 39 nitrogen and oxygen atoms in total. The predicted octanol–water partition coefficient (Wildman–Crippen LogP) is 13.1. The molecule has 0 atom stereocenters. The van der Waals surface area contributed by atoms with Crippen LogP contribution in [0.2, 0.25) is 0 Å². The van der Waals surface area contributed by atoms with Gasteiger partial charge in [-0.2, -0.15) is 0 Å². The van der Waals surface area contributed by atoms with Gasteiger partial charge >= 0.3 is 0 Å². The fourth-order valence-electron chi connectivity index (χ4n) is 17.4. The standard InChI is InChI=1S/C22H24N6OS.C21H21N5O2S.C20H21N7O3S2.C20H21N5OS.C18H18N6O3S2/c1-13-9-14(2)11-16(10-13)25-22-24-12-15-3-4-17-19(18(15)27-22)26-20(30-17)21(29)28-7-5-23-6-8-28;1-12(27)9-13-5-4-6-15(10-13)23-21-22-11-14-7-8-16-18(17(14)25-21)24-19(29-16)20(28)26(2)3;21-32(29,30)14-3-1-2-13(10-14)24-20-23-11-12-4-5-15-17(16(12)26-20)25-18(31-15)19(28)27-8-6-22-7-9-27;1-11-7-12(2)9-14(8-11)22-20-21-10-13-5-6-15-17(16(13)24-20)23-18(27-15)19(26)25(3)4;1-24(2)17(25)16-22-15-13(28-16)7-6-10-9-20-18(23-14(10)15)21-11-4-3-5-12(8-11)29(19,26)27/h9-12,23H,3-8H2,1-2H3,(H,24,25,27);4-6,10-11H,7-9H2,1-3H3,(H,22,23,25);1-3,10-11,22H,4-9H2,(H2,21,29,30)(H,23,24,26);7-10H,5-6H2,1-4H3,(H,21,22,24);3-5,8-9H,6-7H2,1-2H3,(H2,19,26,27)(H,20,21,23). The van der Waals surface area contributed by atoms with Crippen molar-refractivity contribution >= 4 is 170 Å². The summed E-state index contributed by atoms with van der Waals surface area (Å²) >= 11 is 7.23. The topological polar surface area (TPSA) is 516 Å². The number of nitrogens with two attached hydrogens (primary N) is 2. The summed E-state index contributed by atoms with van der Waals surface area (Å²) in [4.78, 5) is 156. The van der Waals surface area contributed by atoms with Crippen molar-refractivity contribution in [3.63, 3.8) is 0 Å². The number of nitrogens with zero attached hydrogens (tertiary/aromatic N) is 20. The number of fused-ring (bicyclic) bond motifs is 15. The number of piperazine rings is 2. The van der Waals surface area contributed by atoms with Gasteiger partial charge in [0.1, 0.15) is 34.3 Å². The molecule has 756 valence electrons. The van der Waals surface area contributed by atoms with Crippen molar-refractivity contribution in [2.45, 2.75) is 115 Å². The molecule has 46 heteroatoms. The molecule has 2 saturated heterocycles. The Hall–Kier alpha value is -14.6. The molecule has 5 aliphatic carbocycles. The maximum absolute atomic E-state index is 12.9. The van der Waals surface area contributed by atoms with E-state index in [0.29, 0.717) is 103 Å². The van der Waals surface area contributed by atoms with E-state index in [1.165, 1.54) is 113 Å². The summed E-state index contributed by atoms with van der Waals surface area (Å²) < 4.78 is 46.3. The SMILES string of the molecule is CC(=O)Cc1cccc(Nc2ncc3c(n2)-c2nc(C(=O)N(C)C)sc2CC3)c1.CN(C)C(=O)c1nc2c(s1)CCc1cnc(Nc3cccc(S(N)(=O)=O)c3)nc1-2.Cc1cc(C)cc(Nc2ncc3c(n2)-c2nc(C(=O)N(C)C)sc2CC3)c1.Cc1cc(C)cc(Nc2ncc3c(n2)-c2nc(C(=O)N4CCNCC4)sc2CC3)c1.NS(=O)(=O)c1cccc(Nc2ncc3c(n2)-c2nc(C(=O)N4CCNCC4)sc2CC3)c1. The number of aryl methyl sites for hydroxylation is 14. The largest absolute Gasteiger partial charge is 0.343 e. The smallest absolute Gasteiger partial charge is 0.282 e. The number of benzene rings is 5. The zero-order chi connectivity index (χ0) is 103. The Morgan fingerprint density at radius 2 is 0.592 bits per heavy atom. The van der Waals surface area contributed by atoms with Crippen molar-refractivity contribution in [2.24, 2.45) is 10.3 Å². The van der Waals surface area contributed by atoms with Crippen molar-refractivity contribution < 1.29 is 45.6 Å². The number of amides is 5. The van der Waals surface area contributed by atoms with E-state index in [2.05, 4.69) is 161 Å². The first-order chi connectivity index (χ1) is 70.5. The molecule has 0 bridgehead atoms. The Kier molecular flexibility index (Phi) is 30.6. The van der Waals surface area contributed by atoms with Gasteiger partial charge in [-0.25, -0.2) is 102 Å². The average Bonchev–Trinajstić information content (AvgIpc) is 1.67. The fourth-order valence-corrected chi connectivity index (χ4v) is 23.8. The van der Waals surface area contributed by atoms with Crippen molar-refractivity contribution in [2.75, 3.05) is 121 Å². The minimum absolute atomic E-state index is 0.00156. The van der Waals surface area contributed by atoms with Gasteiger partial charge in [-0.15, -0.1) is 56.7 Å². The highest BCUT2D eigenvalue weighted by Gasteiger charge is 2.35. The number of hydrogen-bond acceptors (Lipinski definition) is 37. The quantitative estimate of drug-likeness (QED) is 0.0363. The Balaban J connectivity index is 0.000000120. The molecule has 5 aromatic carbocycles. The minimum atomic E-state index is -3.82. The van der Waals surface area contributed by atoms with Gasteiger partial charge in [0.15, 0.2) is 25.0 Å². The van der Waals surface area contributed by atoms with E-state index in [1.807, 2.05) is 52.7 Å². The molecule has 0 radical (unpaired) electrons. The molecular weight excluding hydrogens is 2000 g/mol. The van der Waals surface area contributed by atoms with Gasteiger partial charge in [0, 0.05) is 185 Å². The summed E-state index contributed by atoms with van der Waals surface area (Å²) in [6, 6.07) is 32.5. The summed E-state index contributed by atoms with van der Waals surface area (Å²) in [5.41, 5.74) is 22.2. The number of ketones is 1. The van der Waals surface area contributed by atoms with Gasteiger partial charge in [0.25, 0.3) is 29.5 Å². The van der Waals surface area contributed by atoms with Crippen LogP contribution in [0, 0.1) is 27.7 Å². The number of aromatic nitrogens is 15. The van der Waals surface area contributed by atoms with Gasteiger partial charge in [-0.3, -0.25) is 28.8 Å². The van der Waals surface area contributed by atoms with Crippen LogP contribution in [0.15, 0.2) is 150 Å². The van der Waals surface area contributed by atoms with Crippen LogP contribution in [0.4, 0.5) is 58.2 Å². The van der Waals surface area contributed by atoms with Gasteiger partial charge in [-0.05, 0) is 227 Å². The predicted molar refractivity (Wildman–Crippen MR) is 569 cm³/mol. The molecule has 2 fully saturated rings. The number of thiazole rings is 5. The highest BCUT2D eigenvalue weighted by molar-refractivity contribution is 7.89. The number of Topliss-reactive ketones (excluding diaryl/α,β-unsaturated/α-hetero) is 1. The number of sulfonamides is 2. The summed E-state index contributed by atoms with van der Waals surface area (Å²) in [6.07, 6.45) is 17.7. The van der Waals surface area contributed by atoms with E-state index in [9.17, 15) is 45.6 Å². The molecule has 11 N–H and O–H groups in total. The van der Waals surface area contributed by atoms with Crippen molar-refractivity contribution in [3.05, 3.63) is 245 Å². The third kappa shape index (κ3) is 24.2. The molecule has 2 aliphatic heterocycles. The van der Waals surface area contributed by atoms with Crippen LogP contribution in [0.5, 0.6) is 0 Å². The molecule has 0 unspecified atom stereocenters. The van der Waals surface area contributed by atoms with E-state index in [-0.39, 0.29) is 45.1 Å². The third-order valence-electron chi connectivity index (χ3n) is 24.4. The van der Waals surface area contributed by atoms with Crippen molar-refractivity contribution in [1.82, 2.24) is 110 Å². The molecule has 5 amide bonds. The zero-order valence-electron chi connectivity index (χ0n) is 82.3. The number of nitrogens with one attached hydrogen (secondary N) is 7. The van der Waals surface area contributed by atoms with Crippen LogP contribution in [0.3, 0.4) is 0 Å². The highest BCUT2D eigenvalue weighted by Crippen LogP contribution is 2.43. The van der Waals surface area contributed by atoms with E-state index < -0.39 is 20.0 Å². The van der Waals surface area contributed by atoms with E-state index >= 15 is 0 Å². The Morgan fingerprint density at radius 3 is 0.864 bits per heavy atom. The van der Waals surface area contributed by atoms with E-state index in [1.54, 1.807) is 90.8 Å². The van der Waals surface area contributed by atoms with Crippen LogP contribution in [-0.2, 0) is 95.5 Å². The summed E-state index contributed by atoms with van der Waals surface area (Å²) in [5.74, 6) is 1.96. The monoisotopic (exact) mass is 2110 g/mol. The molecule has 0 saturated carbocycles. The first-order valence-electron chi connectivity index (χ1n) is 47.3. The highest BCUT2D eigenvalue weighted by atomic mass is 32.2. The maximum atomic E-state index is 12.9. The Labute approximate surface area is 868 Å². The normalized spacial score (nSPS) is 13.7. The molecule has 0 spiro atoms. The van der Waals surface area contributed by atoms with Gasteiger partial charge in [0.2, 0.25) is 49.8 Å². The lowest BCUT2D eigenvalue weighted by Gasteiger charge is -2.26. The first-order valence-corrected chi connectivity index (χ1v) is 54.5. The lowest BCUT2D eigenvalue weighted by molar-refractivity contribution is -0.116. The maximum Gasteiger partial charge on any atom is 0.282 e. The lowest BCUT2D eigenvalue weighted by Crippen LogP contribution is -2.46. The molecule has 12 heterocycles. The molecule has 147 heavy (non-hydrogen) atoms.